The highest BCUT2D eigenvalue weighted by Gasteiger charge is 2.33. The van der Waals surface area contributed by atoms with Crippen LogP contribution in [-0.4, -0.2) is 21.4 Å². The van der Waals surface area contributed by atoms with E-state index in [1.165, 1.54) is 0 Å². The standard InChI is InChI=1S/C17H12Cl2N4O2/c18-9-5-6-10(19)12(7-9)20-16(25)14-8-15(24)22-17-21-11-3-1-2-4-13(11)23(14)17/h1-7,14H,8H2,(H,20,25)(H,21,22,24)/t14-/m1/s1. The van der Waals surface area contributed by atoms with Gasteiger partial charge in [0.1, 0.15) is 6.04 Å². The number of carbonyl (C=O) groups is 2. The summed E-state index contributed by atoms with van der Waals surface area (Å²) in [5.74, 6) is -0.265. The summed E-state index contributed by atoms with van der Waals surface area (Å²) >= 11 is 12.1. The minimum absolute atomic E-state index is 0.0113. The van der Waals surface area contributed by atoms with Crippen LogP contribution in [-0.2, 0) is 9.59 Å². The maximum Gasteiger partial charge on any atom is 0.248 e. The Morgan fingerprint density at radius 2 is 2.04 bits per heavy atom. The molecule has 0 unspecified atom stereocenters. The molecule has 1 aromatic heterocycles. The molecule has 3 aromatic rings. The first-order chi connectivity index (χ1) is 12.0. The molecular formula is C17H12Cl2N4O2. The molecule has 2 heterocycles. The second kappa shape index (κ2) is 6.06. The largest absolute Gasteiger partial charge is 0.323 e. The summed E-state index contributed by atoms with van der Waals surface area (Å²) in [4.78, 5) is 29.2. The van der Waals surface area contributed by atoms with Crippen molar-refractivity contribution in [2.24, 2.45) is 0 Å². The number of nitrogens with one attached hydrogen (secondary N) is 2. The van der Waals surface area contributed by atoms with Crippen LogP contribution >= 0.6 is 23.2 Å². The van der Waals surface area contributed by atoms with Crippen molar-refractivity contribution < 1.29 is 9.59 Å². The lowest BCUT2D eigenvalue weighted by atomic mass is 10.1. The lowest BCUT2D eigenvalue weighted by Gasteiger charge is -2.25. The Kier molecular flexibility index (Phi) is 3.86. The number of nitrogens with zero attached hydrogens (tertiary/aromatic N) is 2. The van der Waals surface area contributed by atoms with E-state index in [0.717, 1.165) is 5.52 Å². The van der Waals surface area contributed by atoms with Gasteiger partial charge in [0, 0.05) is 5.02 Å². The average Bonchev–Trinajstić information content (AvgIpc) is 2.95. The summed E-state index contributed by atoms with van der Waals surface area (Å²) in [6.07, 6.45) is 0.0113. The second-order valence-corrected chi connectivity index (χ2v) is 6.52. The van der Waals surface area contributed by atoms with Gasteiger partial charge in [-0.25, -0.2) is 4.98 Å². The van der Waals surface area contributed by atoms with E-state index >= 15 is 0 Å². The second-order valence-electron chi connectivity index (χ2n) is 5.68. The number of amides is 2. The zero-order chi connectivity index (χ0) is 17.6. The molecule has 6 nitrogen and oxygen atoms in total. The summed E-state index contributed by atoms with van der Waals surface area (Å²) < 4.78 is 1.73. The molecule has 0 saturated heterocycles. The predicted molar refractivity (Wildman–Crippen MR) is 97.1 cm³/mol. The van der Waals surface area contributed by atoms with Crippen molar-refractivity contribution in [1.82, 2.24) is 9.55 Å². The molecule has 8 heteroatoms. The topological polar surface area (TPSA) is 76.0 Å². The Bertz CT molecular complexity index is 1020. The fraction of sp³-hybridized carbons (Fsp3) is 0.118. The Morgan fingerprint density at radius 1 is 1.24 bits per heavy atom. The first kappa shape index (κ1) is 15.9. The third-order valence-electron chi connectivity index (χ3n) is 4.03. The molecule has 0 saturated carbocycles. The number of aromatic nitrogens is 2. The van der Waals surface area contributed by atoms with Crippen molar-refractivity contribution in [1.29, 1.82) is 0 Å². The summed E-state index contributed by atoms with van der Waals surface area (Å²) in [7, 11) is 0. The highest BCUT2D eigenvalue weighted by atomic mass is 35.5. The van der Waals surface area contributed by atoms with Crippen molar-refractivity contribution >= 4 is 57.7 Å². The highest BCUT2D eigenvalue weighted by molar-refractivity contribution is 6.35. The summed E-state index contributed by atoms with van der Waals surface area (Å²) in [6, 6.07) is 11.5. The Labute approximate surface area is 152 Å². The zero-order valence-electron chi connectivity index (χ0n) is 12.8. The highest BCUT2D eigenvalue weighted by Crippen LogP contribution is 2.32. The van der Waals surface area contributed by atoms with E-state index in [1.54, 1.807) is 22.8 Å². The fourth-order valence-electron chi connectivity index (χ4n) is 2.91. The zero-order valence-corrected chi connectivity index (χ0v) is 14.3. The van der Waals surface area contributed by atoms with Gasteiger partial charge in [0.05, 0.1) is 28.2 Å². The van der Waals surface area contributed by atoms with Crippen molar-refractivity contribution in [3.8, 4) is 0 Å². The first-order valence-corrected chi connectivity index (χ1v) is 8.31. The van der Waals surface area contributed by atoms with E-state index in [0.29, 0.717) is 27.2 Å². The molecule has 4 rings (SSSR count). The van der Waals surface area contributed by atoms with E-state index in [1.807, 2.05) is 24.3 Å². The van der Waals surface area contributed by atoms with E-state index in [2.05, 4.69) is 15.6 Å². The number of imidazole rings is 1. The third kappa shape index (κ3) is 2.83. The van der Waals surface area contributed by atoms with E-state index in [4.69, 9.17) is 23.2 Å². The van der Waals surface area contributed by atoms with E-state index < -0.39 is 6.04 Å². The van der Waals surface area contributed by atoms with Gasteiger partial charge in [-0.1, -0.05) is 35.3 Å². The number of para-hydroxylation sites is 2. The number of rotatable bonds is 2. The van der Waals surface area contributed by atoms with Gasteiger partial charge in [-0.05, 0) is 30.3 Å². The smallest absolute Gasteiger partial charge is 0.248 e. The van der Waals surface area contributed by atoms with Crippen LogP contribution in [0.3, 0.4) is 0 Å². The molecule has 1 aliphatic heterocycles. The molecule has 0 radical (unpaired) electrons. The minimum atomic E-state index is -0.730. The molecule has 2 N–H and O–H groups in total. The quantitative estimate of drug-likeness (QED) is 0.714. The van der Waals surface area contributed by atoms with Gasteiger partial charge in [-0.15, -0.1) is 0 Å². The molecule has 25 heavy (non-hydrogen) atoms. The van der Waals surface area contributed by atoms with Crippen LogP contribution in [0, 0.1) is 0 Å². The molecule has 2 aromatic carbocycles. The average molecular weight is 375 g/mol. The molecule has 2 amide bonds. The van der Waals surface area contributed by atoms with Crippen LogP contribution < -0.4 is 10.6 Å². The number of carbonyl (C=O) groups excluding carboxylic acids is 2. The van der Waals surface area contributed by atoms with Crippen molar-refractivity contribution in [3.63, 3.8) is 0 Å². The van der Waals surface area contributed by atoms with Crippen molar-refractivity contribution in [3.05, 3.63) is 52.5 Å². The molecule has 1 atom stereocenters. The number of benzene rings is 2. The maximum absolute atomic E-state index is 12.8. The minimum Gasteiger partial charge on any atom is -0.323 e. The van der Waals surface area contributed by atoms with Gasteiger partial charge in [0.2, 0.25) is 17.8 Å². The lowest BCUT2D eigenvalue weighted by Crippen LogP contribution is -2.35. The molecular weight excluding hydrogens is 363 g/mol. The Hall–Kier alpha value is -2.57. The molecule has 0 fully saturated rings. The fourth-order valence-corrected chi connectivity index (χ4v) is 3.25. The normalized spacial score (nSPS) is 16.4. The van der Waals surface area contributed by atoms with Gasteiger partial charge < -0.3 is 5.32 Å². The predicted octanol–water partition coefficient (Wildman–Crippen LogP) is 3.87. The lowest BCUT2D eigenvalue weighted by molar-refractivity contribution is -0.124. The Morgan fingerprint density at radius 3 is 2.88 bits per heavy atom. The van der Waals surface area contributed by atoms with Crippen molar-refractivity contribution in [2.75, 3.05) is 10.6 Å². The number of halogens is 2. The summed E-state index contributed by atoms with van der Waals surface area (Å²) in [5.41, 5.74) is 1.88. The SMILES string of the molecule is O=C1C[C@H](C(=O)Nc2cc(Cl)ccc2Cl)n2c(nc3ccccc32)N1. The van der Waals surface area contributed by atoms with Crippen LogP contribution in [0.5, 0.6) is 0 Å². The van der Waals surface area contributed by atoms with Gasteiger partial charge in [-0.3, -0.25) is 19.5 Å². The van der Waals surface area contributed by atoms with Gasteiger partial charge in [0.15, 0.2) is 0 Å². The first-order valence-electron chi connectivity index (χ1n) is 7.55. The van der Waals surface area contributed by atoms with Gasteiger partial charge in [-0.2, -0.15) is 0 Å². The summed E-state index contributed by atoms with van der Waals surface area (Å²) in [5, 5.41) is 6.28. The van der Waals surface area contributed by atoms with Crippen LogP contribution in [0.25, 0.3) is 11.0 Å². The Balaban J connectivity index is 1.74. The molecule has 0 bridgehead atoms. The van der Waals surface area contributed by atoms with Crippen LogP contribution in [0.2, 0.25) is 10.0 Å². The third-order valence-corrected chi connectivity index (χ3v) is 4.59. The monoisotopic (exact) mass is 374 g/mol. The molecule has 1 aliphatic rings. The van der Waals surface area contributed by atoms with Crippen LogP contribution in [0.4, 0.5) is 11.6 Å². The number of hydrogen-bond acceptors (Lipinski definition) is 3. The van der Waals surface area contributed by atoms with E-state index in [9.17, 15) is 9.59 Å². The number of anilines is 2. The number of fused-ring (bicyclic) bond motifs is 3. The van der Waals surface area contributed by atoms with E-state index in [-0.39, 0.29) is 18.2 Å². The van der Waals surface area contributed by atoms with Crippen LogP contribution in [0.15, 0.2) is 42.5 Å². The maximum atomic E-state index is 12.8. The summed E-state index contributed by atoms with van der Waals surface area (Å²) in [6.45, 7) is 0. The van der Waals surface area contributed by atoms with Gasteiger partial charge >= 0.3 is 0 Å². The van der Waals surface area contributed by atoms with Gasteiger partial charge in [0.25, 0.3) is 0 Å². The molecule has 0 aliphatic carbocycles. The molecule has 0 spiro atoms. The molecule has 126 valence electrons. The van der Waals surface area contributed by atoms with Crippen LogP contribution in [0.1, 0.15) is 12.5 Å². The van der Waals surface area contributed by atoms with Crippen molar-refractivity contribution in [2.45, 2.75) is 12.5 Å². The number of hydrogen-bond donors (Lipinski definition) is 2.